The van der Waals surface area contributed by atoms with Crippen molar-refractivity contribution in [1.82, 2.24) is 15.4 Å². The van der Waals surface area contributed by atoms with Gasteiger partial charge in [-0.1, -0.05) is 43.4 Å². The van der Waals surface area contributed by atoms with E-state index in [1.165, 1.54) is 12.8 Å². The van der Waals surface area contributed by atoms with Crippen molar-refractivity contribution in [2.75, 3.05) is 6.54 Å². The van der Waals surface area contributed by atoms with Gasteiger partial charge in [-0.3, -0.25) is 9.69 Å². The average molecular weight is 402 g/mol. The molecule has 2 aliphatic rings. The van der Waals surface area contributed by atoms with Gasteiger partial charge in [-0.2, -0.15) is 0 Å². The molecule has 1 aliphatic carbocycles. The van der Waals surface area contributed by atoms with Crippen molar-refractivity contribution in [2.24, 2.45) is 11.8 Å². The summed E-state index contributed by atoms with van der Waals surface area (Å²) in [7, 11) is 0. The Hall–Kier alpha value is -1.85. The number of amides is 1. The molecule has 1 aliphatic heterocycles. The zero-order valence-electron chi connectivity index (χ0n) is 16.5. The summed E-state index contributed by atoms with van der Waals surface area (Å²) in [6.07, 6.45) is 4.54. The number of carbonyl (C=O) groups is 1. The molecule has 2 aromatic rings. The normalized spacial score (nSPS) is 23.2. The third kappa shape index (κ3) is 4.76. The molecule has 6 heteroatoms. The van der Waals surface area contributed by atoms with Crippen LogP contribution in [-0.2, 0) is 11.3 Å². The van der Waals surface area contributed by atoms with Gasteiger partial charge in [0.05, 0.1) is 11.7 Å². The van der Waals surface area contributed by atoms with Gasteiger partial charge in [0.2, 0.25) is 5.91 Å². The Balaban J connectivity index is 1.49. The molecule has 5 nitrogen and oxygen atoms in total. The molecular weight excluding hydrogens is 374 g/mol. The van der Waals surface area contributed by atoms with Crippen molar-refractivity contribution in [3.63, 3.8) is 0 Å². The van der Waals surface area contributed by atoms with Crippen LogP contribution in [0, 0.1) is 11.8 Å². The second-order valence-corrected chi connectivity index (χ2v) is 9.09. The predicted molar refractivity (Wildman–Crippen MR) is 110 cm³/mol. The first-order valence-electron chi connectivity index (χ1n) is 10.2. The van der Waals surface area contributed by atoms with Crippen molar-refractivity contribution >= 4 is 17.5 Å². The number of aromatic nitrogens is 1. The van der Waals surface area contributed by atoms with Gasteiger partial charge in [0.1, 0.15) is 0 Å². The van der Waals surface area contributed by atoms with E-state index in [1.807, 2.05) is 30.3 Å². The number of piperazine rings is 1. The van der Waals surface area contributed by atoms with Gasteiger partial charge in [-0.25, -0.2) is 0 Å². The summed E-state index contributed by atoms with van der Waals surface area (Å²) in [5.74, 6) is 2.13. The lowest BCUT2D eigenvalue weighted by atomic mass is 9.96. The van der Waals surface area contributed by atoms with E-state index in [9.17, 15) is 4.79 Å². The summed E-state index contributed by atoms with van der Waals surface area (Å²) in [5, 5.41) is 8.22. The number of carbonyl (C=O) groups excluding carboxylic acids is 1. The minimum atomic E-state index is -0.105. The smallest absolute Gasteiger partial charge is 0.237 e. The zero-order valence-corrected chi connectivity index (χ0v) is 17.3. The Morgan fingerprint density at radius 3 is 2.71 bits per heavy atom. The monoisotopic (exact) mass is 401 g/mol. The maximum absolute atomic E-state index is 12.8. The van der Waals surface area contributed by atoms with E-state index in [2.05, 4.69) is 29.2 Å². The SMILES string of the molecule is CC(C)C[C@H]1C(=O)N[C@@H](CC2CC2)CN1Cc1cc(-c2ccc(Cl)cc2)on1. The van der Waals surface area contributed by atoms with E-state index in [0.717, 1.165) is 42.3 Å². The topological polar surface area (TPSA) is 58.4 Å². The lowest BCUT2D eigenvalue weighted by Crippen LogP contribution is -2.60. The number of nitrogens with zero attached hydrogens (tertiary/aromatic N) is 2. The number of halogens is 1. The maximum atomic E-state index is 12.8. The van der Waals surface area contributed by atoms with Gasteiger partial charge in [0, 0.05) is 35.8 Å². The number of rotatable bonds is 7. The van der Waals surface area contributed by atoms with Crippen molar-refractivity contribution in [3.8, 4) is 11.3 Å². The van der Waals surface area contributed by atoms with E-state index >= 15 is 0 Å². The zero-order chi connectivity index (χ0) is 19.7. The second kappa shape index (κ2) is 8.26. The van der Waals surface area contributed by atoms with Crippen LogP contribution < -0.4 is 5.32 Å². The van der Waals surface area contributed by atoms with Gasteiger partial charge >= 0.3 is 0 Å². The lowest BCUT2D eigenvalue weighted by molar-refractivity contribution is -0.132. The van der Waals surface area contributed by atoms with Crippen molar-refractivity contribution in [2.45, 2.75) is 58.2 Å². The molecule has 1 aromatic heterocycles. The van der Waals surface area contributed by atoms with Crippen LogP contribution in [0.1, 0.15) is 45.2 Å². The summed E-state index contributed by atoms with van der Waals surface area (Å²) < 4.78 is 5.56. The van der Waals surface area contributed by atoms with E-state index < -0.39 is 0 Å². The molecule has 0 radical (unpaired) electrons. The van der Waals surface area contributed by atoms with E-state index in [1.54, 1.807) is 0 Å². The fourth-order valence-corrected chi connectivity index (χ4v) is 4.16. The molecule has 0 unspecified atom stereocenters. The van der Waals surface area contributed by atoms with Crippen LogP contribution in [0.3, 0.4) is 0 Å². The Kier molecular flexibility index (Phi) is 5.74. The summed E-state index contributed by atoms with van der Waals surface area (Å²) in [6, 6.07) is 9.64. The third-order valence-electron chi connectivity index (χ3n) is 5.61. The highest BCUT2D eigenvalue weighted by molar-refractivity contribution is 6.30. The number of nitrogens with one attached hydrogen (secondary N) is 1. The highest BCUT2D eigenvalue weighted by Gasteiger charge is 2.37. The van der Waals surface area contributed by atoms with Crippen LogP contribution in [0.4, 0.5) is 0 Å². The molecule has 28 heavy (non-hydrogen) atoms. The van der Waals surface area contributed by atoms with Crippen LogP contribution in [0.2, 0.25) is 5.02 Å². The van der Waals surface area contributed by atoms with Gasteiger partial charge in [-0.15, -0.1) is 0 Å². The minimum Gasteiger partial charge on any atom is -0.356 e. The molecule has 150 valence electrons. The number of hydrogen-bond acceptors (Lipinski definition) is 4. The summed E-state index contributed by atoms with van der Waals surface area (Å²) >= 11 is 5.97. The standard InChI is InChI=1S/C22H28ClN3O2/c1-14(2)9-20-22(27)24-18(10-15-3-4-15)12-26(20)13-19-11-21(28-25-19)16-5-7-17(23)8-6-16/h5-8,11,14-15,18,20H,3-4,9-10,12-13H2,1-2H3,(H,24,27)/t18-,20-/m0/s1. The first-order chi connectivity index (χ1) is 13.5. The fraction of sp³-hybridized carbons (Fsp3) is 0.545. The number of hydrogen-bond donors (Lipinski definition) is 1. The molecule has 2 heterocycles. The summed E-state index contributed by atoms with van der Waals surface area (Å²) in [6.45, 7) is 5.83. The molecule has 1 N–H and O–H groups in total. The van der Waals surface area contributed by atoms with Crippen molar-refractivity contribution in [3.05, 3.63) is 41.0 Å². The van der Waals surface area contributed by atoms with Crippen molar-refractivity contribution < 1.29 is 9.32 Å². The van der Waals surface area contributed by atoms with Crippen LogP contribution in [0.15, 0.2) is 34.9 Å². The summed E-state index contributed by atoms with van der Waals surface area (Å²) in [5.41, 5.74) is 1.81. The highest BCUT2D eigenvalue weighted by atomic mass is 35.5. The van der Waals surface area contributed by atoms with E-state index in [-0.39, 0.29) is 18.0 Å². The Bertz CT molecular complexity index is 813. The van der Waals surface area contributed by atoms with Gasteiger partial charge in [0.15, 0.2) is 5.76 Å². The highest BCUT2D eigenvalue weighted by Crippen LogP contribution is 2.35. The van der Waals surface area contributed by atoms with Gasteiger partial charge in [-0.05, 0) is 48.9 Å². The molecule has 0 spiro atoms. The van der Waals surface area contributed by atoms with Crippen LogP contribution in [0.25, 0.3) is 11.3 Å². The van der Waals surface area contributed by atoms with Gasteiger partial charge in [0.25, 0.3) is 0 Å². The number of benzene rings is 1. The Morgan fingerprint density at radius 2 is 2.04 bits per heavy atom. The molecule has 2 fully saturated rings. The predicted octanol–water partition coefficient (Wildman–Crippen LogP) is 4.51. The largest absolute Gasteiger partial charge is 0.356 e. The van der Waals surface area contributed by atoms with E-state index in [0.29, 0.717) is 17.5 Å². The third-order valence-corrected chi connectivity index (χ3v) is 5.86. The minimum absolute atomic E-state index is 0.105. The fourth-order valence-electron chi connectivity index (χ4n) is 4.03. The molecular formula is C22H28ClN3O2. The Labute approximate surface area is 171 Å². The molecule has 4 rings (SSSR count). The second-order valence-electron chi connectivity index (χ2n) is 8.65. The first-order valence-corrected chi connectivity index (χ1v) is 10.6. The molecule has 1 amide bonds. The maximum Gasteiger partial charge on any atom is 0.237 e. The lowest BCUT2D eigenvalue weighted by Gasteiger charge is -2.40. The van der Waals surface area contributed by atoms with E-state index in [4.69, 9.17) is 16.1 Å². The molecule has 1 saturated carbocycles. The average Bonchev–Trinajstić information content (AvgIpc) is 3.34. The first kappa shape index (κ1) is 19.5. The van der Waals surface area contributed by atoms with Crippen LogP contribution >= 0.6 is 11.6 Å². The van der Waals surface area contributed by atoms with Gasteiger partial charge < -0.3 is 9.84 Å². The van der Waals surface area contributed by atoms with Crippen molar-refractivity contribution in [1.29, 1.82) is 0 Å². The molecule has 1 aromatic carbocycles. The van der Waals surface area contributed by atoms with Crippen LogP contribution in [0.5, 0.6) is 0 Å². The quantitative estimate of drug-likeness (QED) is 0.741. The molecule has 2 atom stereocenters. The molecule has 0 bridgehead atoms. The Morgan fingerprint density at radius 1 is 1.29 bits per heavy atom. The molecule has 1 saturated heterocycles. The van der Waals surface area contributed by atoms with Crippen LogP contribution in [-0.4, -0.2) is 34.6 Å². The summed E-state index contributed by atoms with van der Waals surface area (Å²) in [4.78, 5) is 15.1.